The molecule has 3 aromatic rings. The molecule has 0 unspecified atom stereocenters. The normalized spacial score (nSPS) is 14.4. The van der Waals surface area contributed by atoms with Crippen molar-refractivity contribution in [1.82, 2.24) is 20.2 Å². The van der Waals surface area contributed by atoms with Gasteiger partial charge in [-0.15, -0.1) is 0 Å². The second-order valence-electron chi connectivity index (χ2n) is 9.08. The highest BCUT2D eigenvalue weighted by atomic mass is 16.5. The van der Waals surface area contributed by atoms with Crippen LogP contribution in [0.4, 0.5) is 0 Å². The minimum Gasteiger partial charge on any atom is -0.496 e. The molecule has 1 heterocycles. The van der Waals surface area contributed by atoms with Crippen LogP contribution in [0.5, 0.6) is 11.5 Å². The molecular formula is C29H34N4O4. The van der Waals surface area contributed by atoms with Gasteiger partial charge in [-0.1, -0.05) is 49.6 Å². The zero-order valence-corrected chi connectivity index (χ0v) is 21.4. The van der Waals surface area contributed by atoms with Gasteiger partial charge in [0.05, 0.1) is 26.5 Å². The topological polar surface area (TPSA) is 93.7 Å². The number of amides is 2. The van der Waals surface area contributed by atoms with E-state index in [-0.39, 0.29) is 24.2 Å². The summed E-state index contributed by atoms with van der Waals surface area (Å²) in [6.45, 7) is 2.61. The number of nitrogens with zero attached hydrogens (tertiary/aromatic N) is 3. The van der Waals surface area contributed by atoms with Crippen molar-refractivity contribution in [1.29, 1.82) is 0 Å². The van der Waals surface area contributed by atoms with E-state index in [1.165, 1.54) is 25.0 Å². The maximum absolute atomic E-state index is 13.9. The average molecular weight is 503 g/mol. The number of nitrogens with one attached hydrogen (secondary N) is 1. The number of rotatable bonds is 10. The van der Waals surface area contributed by atoms with Crippen molar-refractivity contribution >= 4 is 11.8 Å². The number of carbonyl (C=O) groups excluding carboxylic acids is 2. The van der Waals surface area contributed by atoms with Crippen LogP contribution in [0, 0.1) is 0 Å². The van der Waals surface area contributed by atoms with E-state index in [1.54, 1.807) is 12.0 Å². The second kappa shape index (κ2) is 12.9. The largest absolute Gasteiger partial charge is 0.496 e. The molecule has 0 radical (unpaired) electrons. The van der Waals surface area contributed by atoms with Gasteiger partial charge in [0.25, 0.3) is 5.91 Å². The number of carbonyl (C=O) groups is 2. The van der Waals surface area contributed by atoms with E-state index in [9.17, 15) is 9.59 Å². The molecule has 2 amide bonds. The van der Waals surface area contributed by atoms with E-state index in [2.05, 4.69) is 15.3 Å². The van der Waals surface area contributed by atoms with E-state index in [4.69, 9.17) is 9.47 Å². The Kier molecular flexibility index (Phi) is 9.08. The fourth-order valence-electron chi connectivity index (χ4n) is 4.77. The zero-order valence-electron chi connectivity index (χ0n) is 21.4. The molecule has 37 heavy (non-hydrogen) atoms. The lowest BCUT2D eigenvalue weighted by atomic mass is 9.94. The van der Waals surface area contributed by atoms with Gasteiger partial charge in [-0.05, 0) is 43.5 Å². The summed E-state index contributed by atoms with van der Waals surface area (Å²) in [6.07, 6.45) is 9.64. The molecule has 2 aromatic carbocycles. The minimum atomic E-state index is -0.892. The Morgan fingerprint density at radius 3 is 2.49 bits per heavy atom. The van der Waals surface area contributed by atoms with Gasteiger partial charge in [-0.25, -0.2) is 4.98 Å². The highest BCUT2D eigenvalue weighted by Crippen LogP contribution is 2.30. The molecule has 1 N–H and O–H groups in total. The average Bonchev–Trinajstić information content (AvgIpc) is 2.94. The predicted octanol–water partition coefficient (Wildman–Crippen LogP) is 4.72. The summed E-state index contributed by atoms with van der Waals surface area (Å²) < 4.78 is 11.2. The van der Waals surface area contributed by atoms with Gasteiger partial charge >= 0.3 is 0 Å². The van der Waals surface area contributed by atoms with Crippen LogP contribution in [-0.4, -0.2) is 46.4 Å². The van der Waals surface area contributed by atoms with Gasteiger partial charge in [0.2, 0.25) is 5.91 Å². The third-order valence-electron chi connectivity index (χ3n) is 6.59. The maximum Gasteiger partial charge on any atom is 0.275 e. The molecule has 1 fully saturated rings. The summed E-state index contributed by atoms with van der Waals surface area (Å²) in [5, 5.41) is 3.23. The first-order valence-electron chi connectivity index (χ1n) is 12.8. The zero-order chi connectivity index (χ0) is 26.0. The van der Waals surface area contributed by atoms with Crippen molar-refractivity contribution in [3.63, 3.8) is 0 Å². The highest BCUT2D eigenvalue weighted by Gasteiger charge is 2.34. The molecule has 0 saturated heterocycles. The molecule has 4 rings (SSSR count). The third-order valence-corrected chi connectivity index (χ3v) is 6.59. The maximum atomic E-state index is 13.9. The lowest BCUT2D eigenvalue weighted by molar-refractivity contribution is -0.127. The Balaban J connectivity index is 1.76. The summed E-state index contributed by atoms with van der Waals surface area (Å²) in [4.78, 5) is 37.7. The Morgan fingerprint density at radius 2 is 1.81 bits per heavy atom. The molecule has 1 aliphatic carbocycles. The van der Waals surface area contributed by atoms with Crippen LogP contribution in [0.2, 0.25) is 0 Å². The van der Waals surface area contributed by atoms with Crippen LogP contribution in [0.15, 0.2) is 67.1 Å². The van der Waals surface area contributed by atoms with Crippen molar-refractivity contribution in [3.05, 3.63) is 83.9 Å². The van der Waals surface area contributed by atoms with Gasteiger partial charge in [0.15, 0.2) is 0 Å². The van der Waals surface area contributed by atoms with Gasteiger partial charge in [-0.2, -0.15) is 0 Å². The summed E-state index contributed by atoms with van der Waals surface area (Å²) in [5.41, 5.74) is 1.63. The lowest BCUT2D eigenvalue weighted by Crippen LogP contribution is -2.47. The first kappa shape index (κ1) is 26.1. The van der Waals surface area contributed by atoms with Crippen molar-refractivity contribution in [3.8, 4) is 11.5 Å². The smallest absolute Gasteiger partial charge is 0.275 e. The van der Waals surface area contributed by atoms with E-state index < -0.39 is 11.9 Å². The van der Waals surface area contributed by atoms with Crippen LogP contribution in [-0.2, 0) is 11.3 Å². The summed E-state index contributed by atoms with van der Waals surface area (Å²) in [5.74, 6) is 0.728. The molecule has 1 saturated carbocycles. The number of para-hydroxylation sites is 1. The van der Waals surface area contributed by atoms with Crippen molar-refractivity contribution in [2.45, 2.75) is 57.7 Å². The molecule has 0 bridgehead atoms. The SMILES string of the molecule is CCOc1ccc([C@@H](C(=O)NC2CCCCC2)N(Cc2ccccc2OC)C(=O)c2cnccn2)cc1. The minimum absolute atomic E-state index is 0.0891. The molecule has 0 aliphatic heterocycles. The Morgan fingerprint density at radius 1 is 1.05 bits per heavy atom. The summed E-state index contributed by atoms with van der Waals surface area (Å²) in [7, 11) is 1.59. The number of methoxy groups -OCH3 is 1. The molecular weight excluding hydrogens is 468 g/mol. The van der Waals surface area contributed by atoms with E-state index >= 15 is 0 Å². The summed E-state index contributed by atoms with van der Waals surface area (Å²) >= 11 is 0. The van der Waals surface area contributed by atoms with E-state index in [0.29, 0.717) is 23.7 Å². The molecule has 8 heteroatoms. The van der Waals surface area contributed by atoms with Crippen LogP contribution >= 0.6 is 0 Å². The number of hydrogen-bond donors (Lipinski definition) is 1. The highest BCUT2D eigenvalue weighted by molar-refractivity contribution is 5.96. The molecule has 194 valence electrons. The van der Waals surface area contributed by atoms with Crippen molar-refractivity contribution in [2.75, 3.05) is 13.7 Å². The lowest BCUT2D eigenvalue weighted by Gasteiger charge is -2.33. The fraction of sp³-hybridized carbons (Fsp3) is 0.379. The van der Waals surface area contributed by atoms with Crippen LogP contribution < -0.4 is 14.8 Å². The van der Waals surface area contributed by atoms with E-state index in [0.717, 1.165) is 31.2 Å². The predicted molar refractivity (Wildman–Crippen MR) is 140 cm³/mol. The van der Waals surface area contributed by atoms with Crippen molar-refractivity contribution in [2.24, 2.45) is 0 Å². The monoisotopic (exact) mass is 502 g/mol. The number of benzene rings is 2. The molecule has 1 atom stereocenters. The van der Waals surface area contributed by atoms with Gasteiger partial charge in [0.1, 0.15) is 23.2 Å². The Labute approximate surface area is 218 Å². The molecule has 1 aromatic heterocycles. The summed E-state index contributed by atoms with van der Waals surface area (Å²) in [6, 6.07) is 14.0. The van der Waals surface area contributed by atoms with Gasteiger partial charge in [0, 0.05) is 24.0 Å². The first-order valence-corrected chi connectivity index (χ1v) is 12.8. The van der Waals surface area contributed by atoms with Gasteiger partial charge in [-0.3, -0.25) is 14.6 Å². The van der Waals surface area contributed by atoms with Crippen LogP contribution in [0.1, 0.15) is 66.7 Å². The quantitative estimate of drug-likeness (QED) is 0.431. The Hall–Kier alpha value is -3.94. The van der Waals surface area contributed by atoms with Gasteiger partial charge < -0.3 is 19.7 Å². The first-order chi connectivity index (χ1) is 18.1. The second-order valence-corrected chi connectivity index (χ2v) is 9.08. The van der Waals surface area contributed by atoms with Crippen LogP contribution in [0.3, 0.4) is 0 Å². The van der Waals surface area contributed by atoms with Crippen molar-refractivity contribution < 1.29 is 19.1 Å². The molecule has 0 spiro atoms. The number of hydrogen-bond acceptors (Lipinski definition) is 6. The molecule has 8 nitrogen and oxygen atoms in total. The Bertz CT molecular complexity index is 1160. The standard InChI is InChI=1S/C29H34N4O4/c1-3-37-24-15-13-21(14-16-24)27(28(34)32-23-10-5-4-6-11-23)33(29(35)25-19-30-17-18-31-25)20-22-9-7-8-12-26(22)36-2/h7-9,12-19,23,27H,3-6,10-11,20H2,1-2H3,(H,32,34)/t27-/m0/s1. The fourth-order valence-corrected chi connectivity index (χ4v) is 4.77. The number of aromatic nitrogens is 2. The molecule has 1 aliphatic rings. The van der Waals surface area contributed by atoms with Crippen LogP contribution in [0.25, 0.3) is 0 Å². The van der Waals surface area contributed by atoms with E-state index in [1.807, 2.05) is 55.5 Å². The third kappa shape index (κ3) is 6.64. The number of ether oxygens (including phenoxy) is 2.